The predicted molar refractivity (Wildman–Crippen MR) is 98.5 cm³/mol. The number of nitrogens with zero attached hydrogens (tertiary/aromatic N) is 1. The van der Waals surface area contributed by atoms with Gasteiger partial charge < -0.3 is 5.32 Å². The Kier molecular flexibility index (Phi) is 6.69. The summed E-state index contributed by atoms with van der Waals surface area (Å²) in [4.78, 5) is 32.0. The molecule has 1 N–H and O–H groups in total. The van der Waals surface area contributed by atoms with E-state index in [9.17, 15) is 9.18 Å². The van der Waals surface area contributed by atoms with Crippen molar-refractivity contribution in [3.8, 4) is 11.1 Å². The molecule has 0 spiro atoms. The Balaban J connectivity index is 0.000000817. The second-order valence-electron chi connectivity index (χ2n) is 5.79. The third-order valence-electron chi connectivity index (χ3n) is 3.86. The van der Waals surface area contributed by atoms with Gasteiger partial charge in [-0.2, -0.15) is 9.59 Å². The molecule has 0 unspecified atom stereocenters. The molecule has 0 saturated heterocycles. The lowest BCUT2D eigenvalue weighted by atomic mass is 9.98. The van der Waals surface area contributed by atoms with Gasteiger partial charge in [-0.25, -0.2) is 4.39 Å². The van der Waals surface area contributed by atoms with E-state index in [4.69, 9.17) is 9.59 Å². The van der Waals surface area contributed by atoms with Crippen molar-refractivity contribution >= 4 is 17.7 Å². The molecule has 1 heterocycles. The number of benzene rings is 2. The lowest BCUT2D eigenvalue weighted by Crippen LogP contribution is -2.13. The van der Waals surface area contributed by atoms with Crippen LogP contribution in [0.1, 0.15) is 21.5 Å². The Morgan fingerprint density at radius 1 is 1.04 bits per heavy atom. The van der Waals surface area contributed by atoms with Crippen molar-refractivity contribution < 1.29 is 18.8 Å². The van der Waals surface area contributed by atoms with Crippen LogP contribution in [0.15, 0.2) is 60.9 Å². The lowest BCUT2D eigenvalue weighted by molar-refractivity contribution is -0.191. The number of rotatable bonds is 3. The van der Waals surface area contributed by atoms with E-state index >= 15 is 0 Å². The number of anilines is 1. The summed E-state index contributed by atoms with van der Waals surface area (Å²) in [6.07, 6.45) is 2.67. The molecule has 0 aliphatic carbocycles. The van der Waals surface area contributed by atoms with Gasteiger partial charge in [0, 0.05) is 11.9 Å². The molecule has 0 aliphatic rings. The largest absolute Gasteiger partial charge is 0.373 e. The molecule has 27 heavy (non-hydrogen) atoms. The Morgan fingerprint density at radius 3 is 2.33 bits per heavy atom. The van der Waals surface area contributed by atoms with Crippen molar-refractivity contribution in [3.05, 3.63) is 83.4 Å². The van der Waals surface area contributed by atoms with Gasteiger partial charge in [0.1, 0.15) is 0 Å². The molecule has 1 aromatic heterocycles. The van der Waals surface area contributed by atoms with Crippen LogP contribution in [-0.4, -0.2) is 17.0 Å². The molecule has 5 nitrogen and oxygen atoms in total. The van der Waals surface area contributed by atoms with Crippen LogP contribution in [-0.2, 0) is 9.59 Å². The summed E-state index contributed by atoms with van der Waals surface area (Å²) in [5.41, 5.74) is 5.21. The minimum absolute atomic E-state index is 0.0244. The summed E-state index contributed by atoms with van der Waals surface area (Å²) in [6.45, 7) is 4.12. The predicted octanol–water partition coefficient (Wildman–Crippen LogP) is 4.17. The fraction of sp³-hybridized carbons (Fsp3) is 0.0952. The maximum Gasteiger partial charge on any atom is 0.373 e. The van der Waals surface area contributed by atoms with Crippen LogP contribution < -0.4 is 5.32 Å². The second-order valence-corrected chi connectivity index (χ2v) is 5.79. The quantitative estimate of drug-likeness (QED) is 0.757. The number of aryl methyl sites for hydroxylation is 2. The van der Waals surface area contributed by atoms with E-state index < -0.39 is 11.7 Å². The SMILES string of the molecule is Cc1ccc(C)c(-c2ccc(NC(=O)c3ccncc3F)cc2)c1.O=C=O. The first kappa shape index (κ1) is 19.7. The molecule has 3 rings (SSSR count). The van der Waals surface area contributed by atoms with Crippen LogP contribution in [0, 0.1) is 19.7 Å². The molecule has 0 atom stereocenters. The molecule has 1 amide bonds. The highest BCUT2D eigenvalue weighted by atomic mass is 19.1. The van der Waals surface area contributed by atoms with Crippen molar-refractivity contribution in [2.24, 2.45) is 0 Å². The second kappa shape index (κ2) is 9.17. The van der Waals surface area contributed by atoms with Gasteiger partial charge in [0.15, 0.2) is 5.82 Å². The summed E-state index contributed by atoms with van der Waals surface area (Å²) in [6, 6.07) is 15.2. The lowest BCUT2D eigenvalue weighted by Gasteiger charge is -2.10. The average Bonchev–Trinajstić information content (AvgIpc) is 2.65. The van der Waals surface area contributed by atoms with Gasteiger partial charge in [-0.3, -0.25) is 9.78 Å². The Labute approximate surface area is 155 Å². The normalized spacial score (nSPS) is 9.59. The first-order valence-corrected chi connectivity index (χ1v) is 8.04. The van der Waals surface area contributed by atoms with Crippen LogP contribution >= 0.6 is 0 Å². The van der Waals surface area contributed by atoms with Gasteiger partial charge in [0.05, 0.1) is 11.8 Å². The van der Waals surface area contributed by atoms with Crippen molar-refractivity contribution in [2.75, 3.05) is 5.32 Å². The molecular weight excluding hydrogens is 347 g/mol. The van der Waals surface area contributed by atoms with Gasteiger partial charge in [-0.05, 0) is 48.7 Å². The molecule has 2 aromatic carbocycles. The minimum atomic E-state index is -0.637. The molecule has 0 fully saturated rings. The maximum atomic E-state index is 13.6. The number of aromatic nitrogens is 1. The molecule has 0 radical (unpaired) electrons. The fourth-order valence-electron chi connectivity index (χ4n) is 2.54. The summed E-state index contributed by atoms with van der Waals surface area (Å²) in [7, 11) is 0. The molecular formula is C21H17FN2O3. The standard InChI is InChI=1S/C20H17FN2O.CO2/c1-13-3-4-14(2)18(11-13)15-5-7-16(8-6-15)23-20(24)17-9-10-22-12-19(17)21;2-1-3/h3-12H,1-2H3,(H,23,24);. The molecule has 6 heteroatoms. The van der Waals surface area contributed by atoms with Gasteiger partial charge in [0.2, 0.25) is 0 Å². The molecule has 136 valence electrons. The number of halogens is 1. The maximum absolute atomic E-state index is 13.6. The number of hydrogen-bond donors (Lipinski definition) is 1. The zero-order valence-electron chi connectivity index (χ0n) is 14.8. The van der Waals surface area contributed by atoms with Crippen molar-refractivity contribution in [3.63, 3.8) is 0 Å². The number of nitrogens with one attached hydrogen (secondary N) is 1. The number of pyridine rings is 1. The molecule has 3 aromatic rings. The van der Waals surface area contributed by atoms with Gasteiger partial charge in [0.25, 0.3) is 5.91 Å². The van der Waals surface area contributed by atoms with E-state index in [1.165, 1.54) is 23.4 Å². The minimum Gasteiger partial charge on any atom is -0.322 e. The van der Waals surface area contributed by atoms with E-state index in [2.05, 4.69) is 42.3 Å². The average molecular weight is 364 g/mol. The summed E-state index contributed by atoms with van der Waals surface area (Å²) in [5.74, 6) is -1.13. The van der Waals surface area contributed by atoms with E-state index in [1.54, 1.807) is 0 Å². The van der Waals surface area contributed by atoms with Crippen LogP contribution in [0.4, 0.5) is 10.1 Å². The first-order chi connectivity index (χ1) is 13.0. The number of carbonyl (C=O) groups is 1. The summed E-state index contributed by atoms with van der Waals surface area (Å²) < 4.78 is 13.6. The number of amides is 1. The van der Waals surface area contributed by atoms with Crippen LogP contribution in [0.25, 0.3) is 11.1 Å². The Hall–Kier alpha value is -3.63. The zero-order chi connectivity index (χ0) is 19.8. The molecule has 0 aliphatic heterocycles. The monoisotopic (exact) mass is 364 g/mol. The summed E-state index contributed by atoms with van der Waals surface area (Å²) in [5, 5.41) is 2.70. The van der Waals surface area contributed by atoms with E-state index in [0.717, 1.165) is 17.3 Å². The zero-order valence-corrected chi connectivity index (χ0v) is 14.8. The topological polar surface area (TPSA) is 76.1 Å². The van der Waals surface area contributed by atoms with Crippen molar-refractivity contribution in [1.29, 1.82) is 0 Å². The number of carbonyl (C=O) groups excluding carboxylic acids is 3. The van der Waals surface area contributed by atoms with Gasteiger partial charge >= 0.3 is 6.15 Å². The number of hydrogen-bond acceptors (Lipinski definition) is 4. The smallest absolute Gasteiger partial charge is 0.322 e. The Morgan fingerprint density at radius 2 is 1.70 bits per heavy atom. The van der Waals surface area contributed by atoms with Crippen LogP contribution in [0.2, 0.25) is 0 Å². The van der Waals surface area contributed by atoms with Crippen molar-refractivity contribution in [1.82, 2.24) is 4.98 Å². The van der Waals surface area contributed by atoms with Crippen LogP contribution in [0.5, 0.6) is 0 Å². The highest BCUT2D eigenvalue weighted by Gasteiger charge is 2.11. The van der Waals surface area contributed by atoms with E-state index in [-0.39, 0.29) is 11.7 Å². The van der Waals surface area contributed by atoms with Crippen molar-refractivity contribution in [2.45, 2.75) is 13.8 Å². The van der Waals surface area contributed by atoms with Crippen LogP contribution in [0.3, 0.4) is 0 Å². The summed E-state index contributed by atoms with van der Waals surface area (Å²) >= 11 is 0. The van der Waals surface area contributed by atoms with Gasteiger partial charge in [-0.15, -0.1) is 0 Å². The van der Waals surface area contributed by atoms with E-state index in [1.807, 2.05) is 24.3 Å². The third kappa shape index (κ3) is 5.17. The fourth-order valence-corrected chi connectivity index (χ4v) is 2.54. The van der Waals surface area contributed by atoms with Gasteiger partial charge in [-0.1, -0.05) is 35.9 Å². The highest BCUT2D eigenvalue weighted by Crippen LogP contribution is 2.26. The highest BCUT2D eigenvalue weighted by molar-refractivity contribution is 6.04. The Bertz CT molecular complexity index is 979. The van der Waals surface area contributed by atoms with E-state index in [0.29, 0.717) is 5.69 Å². The first-order valence-electron chi connectivity index (χ1n) is 8.04. The molecule has 0 saturated carbocycles. The third-order valence-corrected chi connectivity index (χ3v) is 3.86. The molecule has 0 bridgehead atoms.